The van der Waals surface area contributed by atoms with Crippen LogP contribution in [0.4, 0.5) is 8.78 Å². The molecule has 0 saturated carbocycles. The number of fused-ring (bicyclic) bond motifs is 1. The van der Waals surface area contributed by atoms with Crippen LogP contribution < -0.4 is 5.56 Å². The van der Waals surface area contributed by atoms with E-state index < -0.39 is 11.6 Å². The van der Waals surface area contributed by atoms with Crippen molar-refractivity contribution in [3.8, 4) is 17.1 Å². The Morgan fingerprint density at radius 2 is 1.81 bits per heavy atom. The van der Waals surface area contributed by atoms with E-state index in [-0.39, 0.29) is 24.0 Å². The normalized spacial score (nSPS) is 11.3. The SMILES string of the molecule is O=c1c(Cc2ccco2)nc2c(Cc3cccc(F)c3F)[nH]c(-c3ccccc3)cn1-2. The number of rotatable bonds is 5. The molecular weight excluding hydrogens is 400 g/mol. The number of H-pyrrole nitrogens is 1. The molecule has 0 atom stereocenters. The van der Waals surface area contributed by atoms with Gasteiger partial charge in [0.1, 0.15) is 11.5 Å². The van der Waals surface area contributed by atoms with Crippen molar-refractivity contribution >= 4 is 0 Å². The first-order valence-corrected chi connectivity index (χ1v) is 9.74. The lowest BCUT2D eigenvalue weighted by Crippen LogP contribution is -2.18. The molecule has 0 unspecified atom stereocenters. The quantitative estimate of drug-likeness (QED) is 0.450. The second kappa shape index (κ2) is 7.68. The number of aromatic amines is 1. The Labute approximate surface area is 176 Å². The van der Waals surface area contributed by atoms with Crippen molar-refractivity contribution in [1.29, 1.82) is 0 Å². The molecule has 0 saturated heterocycles. The van der Waals surface area contributed by atoms with Crippen LogP contribution in [0.25, 0.3) is 17.1 Å². The highest BCUT2D eigenvalue weighted by molar-refractivity contribution is 5.60. The van der Waals surface area contributed by atoms with Gasteiger partial charge in [0.25, 0.3) is 5.56 Å². The van der Waals surface area contributed by atoms with E-state index in [9.17, 15) is 13.6 Å². The molecule has 0 bridgehead atoms. The Morgan fingerprint density at radius 3 is 2.58 bits per heavy atom. The molecule has 0 amide bonds. The lowest BCUT2D eigenvalue weighted by atomic mass is 10.1. The Balaban J connectivity index is 1.68. The van der Waals surface area contributed by atoms with E-state index in [0.29, 0.717) is 28.7 Å². The van der Waals surface area contributed by atoms with Crippen LogP contribution in [-0.4, -0.2) is 14.5 Å². The van der Waals surface area contributed by atoms with Crippen LogP contribution >= 0.6 is 0 Å². The highest BCUT2D eigenvalue weighted by Gasteiger charge is 2.22. The molecule has 0 aliphatic carbocycles. The third kappa shape index (κ3) is 3.54. The number of benzene rings is 2. The van der Waals surface area contributed by atoms with Crippen LogP contribution in [-0.2, 0) is 12.8 Å². The van der Waals surface area contributed by atoms with Crippen LogP contribution in [0.3, 0.4) is 0 Å². The Morgan fingerprint density at radius 1 is 0.968 bits per heavy atom. The predicted molar refractivity (Wildman–Crippen MR) is 111 cm³/mol. The number of hydrogen-bond acceptors (Lipinski definition) is 3. The minimum absolute atomic E-state index is 0.0460. The summed E-state index contributed by atoms with van der Waals surface area (Å²) >= 11 is 0. The fourth-order valence-corrected chi connectivity index (χ4v) is 3.63. The fraction of sp³-hybridized carbons (Fsp3) is 0.0833. The molecule has 5 rings (SSSR count). The van der Waals surface area contributed by atoms with Crippen LogP contribution in [0.2, 0.25) is 0 Å². The van der Waals surface area contributed by atoms with Gasteiger partial charge in [-0.15, -0.1) is 0 Å². The maximum atomic E-state index is 14.4. The van der Waals surface area contributed by atoms with Crippen LogP contribution in [0.15, 0.2) is 82.3 Å². The first-order valence-electron chi connectivity index (χ1n) is 9.74. The number of furan rings is 1. The van der Waals surface area contributed by atoms with Crippen molar-refractivity contribution in [2.75, 3.05) is 0 Å². The van der Waals surface area contributed by atoms with Crippen LogP contribution in [0.5, 0.6) is 0 Å². The Hall–Kier alpha value is -4.00. The van der Waals surface area contributed by atoms with Gasteiger partial charge in [-0.2, -0.15) is 0 Å². The van der Waals surface area contributed by atoms with Crippen molar-refractivity contribution in [1.82, 2.24) is 14.5 Å². The van der Waals surface area contributed by atoms with E-state index in [2.05, 4.69) is 9.97 Å². The first-order chi connectivity index (χ1) is 15.1. The number of nitrogens with zero attached hydrogens (tertiary/aromatic N) is 2. The smallest absolute Gasteiger partial charge is 0.278 e. The highest BCUT2D eigenvalue weighted by atomic mass is 19.2. The van der Waals surface area contributed by atoms with E-state index in [4.69, 9.17) is 4.42 Å². The molecule has 1 N–H and O–H groups in total. The van der Waals surface area contributed by atoms with Gasteiger partial charge in [0.2, 0.25) is 0 Å². The summed E-state index contributed by atoms with van der Waals surface area (Å²) in [5, 5.41) is 0. The monoisotopic (exact) mass is 417 g/mol. The molecule has 7 heteroatoms. The van der Waals surface area contributed by atoms with Crippen molar-refractivity contribution < 1.29 is 13.2 Å². The van der Waals surface area contributed by atoms with Gasteiger partial charge in [0, 0.05) is 12.6 Å². The minimum Gasteiger partial charge on any atom is -0.469 e. The summed E-state index contributed by atoms with van der Waals surface area (Å²) in [6, 6.07) is 17.0. The van der Waals surface area contributed by atoms with Crippen LogP contribution in [0, 0.1) is 11.6 Å². The standard InChI is InChI=1S/C24H17F2N3O2/c25-18-10-4-8-16(22(18)26)12-19-23-28-20(13-17-9-5-11-31-17)24(30)29(23)14-21(27-19)15-6-2-1-3-7-15/h1-11,14,27H,12-13H2. The molecule has 3 aromatic rings. The number of halogens is 2. The summed E-state index contributed by atoms with van der Waals surface area (Å²) in [5.41, 5.74) is 2.23. The molecule has 154 valence electrons. The van der Waals surface area contributed by atoms with Gasteiger partial charge >= 0.3 is 0 Å². The first kappa shape index (κ1) is 19.0. The van der Waals surface area contributed by atoms with Gasteiger partial charge in [-0.05, 0) is 29.3 Å². The van der Waals surface area contributed by atoms with E-state index in [1.807, 2.05) is 30.3 Å². The molecule has 2 aliphatic heterocycles. The van der Waals surface area contributed by atoms with Crippen molar-refractivity contribution in [3.05, 3.63) is 118 Å². The third-order valence-electron chi connectivity index (χ3n) is 5.15. The maximum Gasteiger partial charge on any atom is 0.278 e. The van der Waals surface area contributed by atoms with E-state index in [1.165, 1.54) is 23.0 Å². The molecule has 3 heterocycles. The highest BCUT2D eigenvalue weighted by Crippen LogP contribution is 2.24. The zero-order valence-corrected chi connectivity index (χ0v) is 16.3. The number of aromatic nitrogens is 3. The molecule has 5 nitrogen and oxygen atoms in total. The summed E-state index contributed by atoms with van der Waals surface area (Å²) in [6.07, 6.45) is 3.50. The molecule has 0 fully saturated rings. The van der Waals surface area contributed by atoms with E-state index >= 15 is 0 Å². The number of imidazole rings is 1. The van der Waals surface area contributed by atoms with Gasteiger partial charge in [-0.25, -0.2) is 13.8 Å². The summed E-state index contributed by atoms with van der Waals surface area (Å²) in [5.74, 6) is -0.844. The lowest BCUT2D eigenvalue weighted by Gasteiger charge is -2.13. The van der Waals surface area contributed by atoms with Crippen molar-refractivity contribution in [2.45, 2.75) is 12.8 Å². The summed E-state index contributed by atoms with van der Waals surface area (Å²) in [7, 11) is 0. The average molecular weight is 417 g/mol. The molecule has 2 aliphatic rings. The van der Waals surface area contributed by atoms with E-state index in [1.54, 1.807) is 18.3 Å². The molecular formula is C24H17F2N3O2. The van der Waals surface area contributed by atoms with Crippen molar-refractivity contribution in [2.24, 2.45) is 0 Å². The number of nitrogens with one attached hydrogen (secondary N) is 1. The van der Waals surface area contributed by atoms with Gasteiger partial charge in [0.15, 0.2) is 17.5 Å². The molecule has 31 heavy (non-hydrogen) atoms. The second-order valence-electron chi connectivity index (χ2n) is 7.22. The molecule has 0 spiro atoms. The minimum atomic E-state index is -0.918. The zero-order valence-electron chi connectivity index (χ0n) is 16.3. The van der Waals surface area contributed by atoms with Gasteiger partial charge in [-0.1, -0.05) is 42.5 Å². The Kier molecular flexibility index (Phi) is 4.71. The third-order valence-corrected chi connectivity index (χ3v) is 5.15. The number of hydrogen-bond donors (Lipinski definition) is 1. The maximum absolute atomic E-state index is 14.4. The lowest BCUT2D eigenvalue weighted by molar-refractivity contribution is 0.500. The summed E-state index contributed by atoms with van der Waals surface area (Å²) in [6.45, 7) is 0. The second-order valence-corrected chi connectivity index (χ2v) is 7.22. The summed E-state index contributed by atoms with van der Waals surface area (Å²) in [4.78, 5) is 20.9. The van der Waals surface area contributed by atoms with Crippen molar-refractivity contribution in [3.63, 3.8) is 0 Å². The topological polar surface area (TPSA) is 63.8 Å². The van der Waals surface area contributed by atoms with Gasteiger partial charge in [-0.3, -0.25) is 9.36 Å². The van der Waals surface area contributed by atoms with Gasteiger partial charge < -0.3 is 9.40 Å². The zero-order chi connectivity index (χ0) is 21.4. The fourth-order valence-electron chi connectivity index (χ4n) is 3.63. The molecule has 0 radical (unpaired) electrons. The van der Waals surface area contributed by atoms with Crippen LogP contribution in [0.1, 0.15) is 22.7 Å². The van der Waals surface area contributed by atoms with E-state index in [0.717, 1.165) is 11.6 Å². The van der Waals surface area contributed by atoms with Gasteiger partial charge in [0.05, 0.1) is 24.1 Å². The Bertz CT molecular complexity index is 1370. The molecule has 1 aromatic heterocycles. The predicted octanol–water partition coefficient (Wildman–Crippen LogP) is 4.72. The average Bonchev–Trinajstić information content (AvgIpc) is 3.41. The molecule has 2 aromatic carbocycles. The largest absolute Gasteiger partial charge is 0.469 e. The summed E-state index contributed by atoms with van der Waals surface area (Å²) < 4.78 is 34.9.